The third-order valence-electron chi connectivity index (χ3n) is 5.74. The van der Waals surface area contributed by atoms with Gasteiger partial charge in [-0.2, -0.15) is 5.26 Å². The largest absolute Gasteiger partial charge is 0.368 e. The number of nitriles is 1. The van der Waals surface area contributed by atoms with E-state index in [1.54, 1.807) is 0 Å². The topological polar surface area (TPSA) is 117 Å². The van der Waals surface area contributed by atoms with Gasteiger partial charge in [-0.05, 0) is 37.1 Å². The van der Waals surface area contributed by atoms with Crippen molar-refractivity contribution in [2.75, 3.05) is 44.2 Å². The second kappa shape index (κ2) is 11.7. The Bertz CT molecular complexity index is 1050. The number of nitrogens with zero attached hydrogens (tertiary/aromatic N) is 5. The second-order valence-electron chi connectivity index (χ2n) is 7.80. The fourth-order valence-electron chi connectivity index (χ4n) is 4.00. The number of amides is 1. The van der Waals surface area contributed by atoms with Crippen molar-refractivity contribution in [1.29, 1.82) is 5.26 Å². The Kier molecular flexibility index (Phi) is 8.67. The molecule has 172 valence electrons. The highest BCUT2D eigenvalue weighted by atomic mass is 32.2. The van der Waals surface area contributed by atoms with Crippen molar-refractivity contribution in [2.45, 2.75) is 30.0 Å². The van der Waals surface area contributed by atoms with Gasteiger partial charge < -0.3 is 16.4 Å². The van der Waals surface area contributed by atoms with Crippen LogP contribution in [-0.2, 0) is 11.2 Å². The van der Waals surface area contributed by atoms with E-state index in [4.69, 9.17) is 23.0 Å². The first kappa shape index (κ1) is 24.5. The van der Waals surface area contributed by atoms with Gasteiger partial charge in [0, 0.05) is 26.2 Å². The highest BCUT2D eigenvalue weighted by Gasteiger charge is 2.28. The Hall–Kier alpha value is -3.11. The first-order chi connectivity index (χ1) is 16.0. The van der Waals surface area contributed by atoms with E-state index in [0.717, 1.165) is 44.7 Å². The van der Waals surface area contributed by atoms with E-state index in [9.17, 15) is 10.1 Å². The Labute approximate surface area is 199 Å². The molecular formula is C24H29N7OS. The molecule has 1 aliphatic rings. The van der Waals surface area contributed by atoms with Crippen LogP contribution in [0.2, 0.25) is 0 Å². The summed E-state index contributed by atoms with van der Waals surface area (Å²) in [5.74, 6) is 0.0809. The average Bonchev–Trinajstić information content (AvgIpc) is 2.85. The molecule has 0 radical (unpaired) electrons. The van der Waals surface area contributed by atoms with Crippen molar-refractivity contribution >= 4 is 29.2 Å². The summed E-state index contributed by atoms with van der Waals surface area (Å²) in [6.07, 6.45) is 1.48. The number of hydrogen-bond acceptors (Lipinski definition) is 7. The summed E-state index contributed by atoms with van der Waals surface area (Å²) in [5, 5.41) is 9.69. The van der Waals surface area contributed by atoms with Crippen molar-refractivity contribution in [3.63, 3.8) is 0 Å². The van der Waals surface area contributed by atoms with E-state index < -0.39 is 11.2 Å². The number of hydrogen-bond donors (Lipinski definition) is 2. The van der Waals surface area contributed by atoms with Crippen LogP contribution in [0.1, 0.15) is 35.3 Å². The van der Waals surface area contributed by atoms with Crippen LogP contribution >= 0.6 is 11.8 Å². The quantitative estimate of drug-likeness (QED) is 0.434. The summed E-state index contributed by atoms with van der Waals surface area (Å²) in [6, 6.07) is 11.5. The molecule has 0 aliphatic carbocycles. The number of nitrogens with two attached hydrogens (primary N) is 2. The van der Waals surface area contributed by atoms with Gasteiger partial charge in [-0.25, -0.2) is 9.83 Å². The smallest absolute Gasteiger partial charge is 0.235 e. The van der Waals surface area contributed by atoms with Gasteiger partial charge in [0.1, 0.15) is 22.2 Å². The molecule has 0 bridgehead atoms. The number of thioether (sulfide) groups is 1. The predicted octanol–water partition coefficient (Wildman–Crippen LogP) is 2.86. The van der Waals surface area contributed by atoms with Crippen LogP contribution < -0.4 is 16.4 Å². The first-order valence-corrected chi connectivity index (χ1v) is 11.9. The van der Waals surface area contributed by atoms with Gasteiger partial charge in [0.15, 0.2) is 0 Å². The molecule has 1 aromatic heterocycles. The van der Waals surface area contributed by atoms with Crippen LogP contribution in [-0.4, -0.2) is 55.1 Å². The van der Waals surface area contributed by atoms with E-state index in [2.05, 4.69) is 20.7 Å². The molecule has 1 amide bonds. The number of aromatic nitrogens is 1. The molecule has 1 aliphatic heterocycles. The van der Waals surface area contributed by atoms with Crippen molar-refractivity contribution in [2.24, 2.45) is 11.5 Å². The van der Waals surface area contributed by atoms with Crippen LogP contribution in [0, 0.1) is 17.9 Å². The molecule has 1 fully saturated rings. The average molecular weight is 464 g/mol. The molecule has 8 nitrogen and oxygen atoms in total. The Morgan fingerprint density at radius 1 is 1.30 bits per heavy atom. The molecule has 4 N–H and O–H groups in total. The lowest BCUT2D eigenvalue weighted by molar-refractivity contribution is -0.117. The molecule has 1 unspecified atom stereocenters. The molecule has 1 atom stereocenters. The van der Waals surface area contributed by atoms with E-state index >= 15 is 0 Å². The number of benzene rings is 1. The summed E-state index contributed by atoms with van der Waals surface area (Å²) < 4.78 is 0. The number of anilines is 1. The normalized spacial score (nSPS) is 15.0. The first-order valence-electron chi connectivity index (χ1n) is 11.1. The number of carbonyl (C=O) groups is 1. The SMILES string of the molecule is [C-]#[N+]c1c(N2CCN(CCCN)CC2)nc(SC(C(N)=O)c2ccccc2)c(C#N)c1CC. The summed E-state index contributed by atoms with van der Waals surface area (Å²) >= 11 is 1.18. The van der Waals surface area contributed by atoms with Gasteiger partial charge in [0.2, 0.25) is 11.6 Å². The summed E-state index contributed by atoms with van der Waals surface area (Å²) in [7, 11) is 0. The standard InChI is InChI=1S/C24H29N7OS/c1-3-18-19(16-26)24(33-21(22(27)32)17-8-5-4-6-9-17)29-23(20(18)28-2)31-14-12-30(13-15-31)11-7-10-25/h4-6,8-9,21H,3,7,10-15,25H2,1H3,(H2,27,32). The van der Waals surface area contributed by atoms with Gasteiger partial charge in [-0.3, -0.25) is 9.69 Å². The van der Waals surface area contributed by atoms with Crippen LogP contribution in [0.15, 0.2) is 35.4 Å². The maximum absolute atomic E-state index is 12.3. The number of primary amides is 1. The van der Waals surface area contributed by atoms with Gasteiger partial charge in [0.05, 0.1) is 12.1 Å². The monoisotopic (exact) mass is 463 g/mol. The minimum atomic E-state index is -0.685. The second-order valence-corrected chi connectivity index (χ2v) is 8.90. The van der Waals surface area contributed by atoms with Gasteiger partial charge in [-0.1, -0.05) is 49.0 Å². The molecule has 2 heterocycles. The molecule has 9 heteroatoms. The van der Waals surface area contributed by atoms with Crippen LogP contribution in [0.3, 0.4) is 0 Å². The Morgan fingerprint density at radius 3 is 2.55 bits per heavy atom. The fraction of sp³-hybridized carbons (Fsp3) is 0.417. The molecule has 0 saturated carbocycles. The molecular weight excluding hydrogens is 434 g/mol. The summed E-state index contributed by atoms with van der Waals surface area (Å²) in [6.45, 7) is 14.5. The predicted molar refractivity (Wildman–Crippen MR) is 131 cm³/mol. The summed E-state index contributed by atoms with van der Waals surface area (Å²) in [4.78, 5) is 25.3. The number of rotatable bonds is 9. The Morgan fingerprint density at radius 2 is 2.00 bits per heavy atom. The van der Waals surface area contributed by atoms with Crippen LogP contribution in [0.25, 0.3) is 4.85 Å². The van der Waals surface area contributed by atoms with E-state index in [0.29, 0.717) is 40.6 Å². The third-order valence-corrected chi connectivity index (χ3v) is 7.00. The molecule has 0 spiro atoms. The van der Waals surface area contributed by atoms with Crippen molar-refractivity contribution in [3.05, 3.63) is 58.4 Å². The van der Waals surface area contributed by atoms with Crippen LogP contribution in [0.4, 0.5) is 11.5 Å². The third kappa shape index (κ3) is 5.63. The van der Waals surface area contributed by atoms with Crippen molar-refractivity contribution < 1.29 is 4.79 Å². The number of carbonyl (C=O) groups excluding carboxylic acids is 1. The van der Waals surface area contributed by atoms with E-state index in [1.165, 1.54) is 11.8 Å². The maximum Gasteiger partial charge on any atom is 0.235 e. The highest BCUT2D eigenvalue weighted by molar-refractivity contribution is 8.00. The van der Waals surface area contributed by atoms with E-state index in [-0.39, 0.29) is 0 Å². The molecule has 3 rings (SSSR count). The molecule has 33 heavy (non-hydrogen) atoms. The summed E-state index contributed by atoms with van der Waals surface area (Å²) in [5.41, 5.74) is 13.6. The zero-order valence-electron chi connectivity index (χ0n) is 18.8. The molecule has 1 saturated heterocycles. The minimum absolute atomic E-state index is 0.348. The zero-order valence-corrected chi connectivity index (χ0v) is 19.6. The highest BCUT2D eigenvalue weighted by Crippen LogP contribution is 2.42. The lowest BCUT2D eigenvalue weighted by Gasteiger charge is -2.36. The minimum Gasteiger partial charge on any atom is -0.368 e. The van der Waals surface area contributed by atoms with Gasteiger partial charge >= 0.3 is 0 Å². The number of pyridine rings is 1. The number of piperazine rings is 1. The lowest BCUT2D eigenvalue weighted by Crippen LogP contribution is -2.47. The van der Waals surface area contributed by atoms with Crippen LogP contribution in [0.5, 0.6) is 0 Å². The van der Waals surface area contributed by atoms with Gasteiger partial charge in [-0.15, -0.1) is 0 Å². The maximum atomic E-state index is 12.3. The zero-order chi connectivity index (χ0) is 23.8. The van der Waals surface area contributed by atoms with Gasteiger partial charge in [0.25, 0.3) is 0 Å². The molecule has 2 aromatic rings. The lowest BCUT2D eigenvalue weighted by atomic mass is 10.1. The molecule has 1 aromatic carbocycles. The Balaban J connectivity index is 2.00. The van der Waals surface area contributed by atoms with E-state index in [1.807, 2.05) is 37.3 Å². The fourth-order valence-corrected chi connectivity index (χ4v) is 5.06. The van der Waals surface area contributed by atoms with Crippen molar-refractivity contribution in [3.8, 4) is 6.07 Å². The van der Waals surface area contributed by atoms with Crippen molar-refractivity contribution in [1.82, 2.24) is 9.88 Å².